The van der Waals surface area contributed by atoms with Crippen LogP contribution in [0.3, 0.4) is 0 Å². The van der Waals surface area contributed by atoms with Crippen molar-refractivity contribution in [1.82, 2.24) is 9.80 Å². The highest BCUT2D eigenvalue weighted by Crippen LogP contribution is 2.27. The first-order chi connectivity index (χ1) is 14.1. The van der Waals surface area contributed by atoms with Gasteiger partial charge in [0.05, 0.1) is 20.8 Å². The number of nitrogens with zero attached hydrogens (tertiary/aromatic N) is 2. The molecule has 154 valence electrons. The smallest absolute Gasteiger partial charge is 0.237 e. The summed E-state index contributed by atoms with van der Waals surface area (Å²) in [6.07, 6.45) is 3.94. The quantitative estimate of drug-likeness (QED) is 0.687. The normalized spacial score (nSPS) is 13.9. The molecule has 0 fully saturated rings. The van der Waals surface area contributed by atoms with Crippen molar-refractivity contribution in [1.29, 1.82) is 0 Å². The Morgan fingerprint density at radius 3 is 2.48 bits per heavy atom. The third-order valence-electron chi connectivity index (χ3n) is 5.34. The topological polar surface area (TPSA) is 42.0 Å². The summed E-state index contributed by atoms with van der Waals surface area (Å²) in [6.45, 7) is 2.71. The van der Waals surface area contributed by atoms with Crippen molar-refractivity contribution in [3.05, 3.63) is 65.7 Å². The first-order valence-electron chi connectivity index (χ1n) is 10.0. The van der Waals surface area contributed by atoms with Crippen molar-refractivity contribution in [2.24, 2.45) is 0 Å². The van der Waals surface area contributed by atoms with Crippen LogP contribution in [0.5, 0.6) is 11.5 Å². The minimum absolute atomic E-state index is 0.183. The Kier molecular flexibility index (Phi) is 7.30. The number of hydrogen-bond donors (Lipinski definition) is 0. The van der Waals surface area contributed by atoms with Gasteiger partial charge in [-0.25, -0.2) is 0 Å². The van der Waals surface area contributed by atoms with E-state index in [0.29, 0.717) is 13.1 Å². The lowest BCUT2D eigenvalue weighted by atomic mass is 9.99. The summed E-state index contributed by atoms with van der Waals surface area (Å²) in [6, 6.07) is 16.4. The van der Waals surface area contributed by atoms with Crippen LogP contribution in [0.2, 0.25) is 0 Å². The number of likely N-dealkylation sites (N-methyl/N-ethyl adjacent to an activating group) is 1. The number of ether oxygens (including phenoxy) is 2. The third kappa shape index (κ3) is 5.61. The van der Waals surface area contributed by atoms with E-state index < -0.39 is 0 Å². The van der Waals surface area contributed by atoms with Gasteiger partial charge in [-0.3, -0.25) is 9.69 Å². The van der Waals surface area contributed by atoms with Gasteiger partial charge in [0, 0.05) is 19.6 Å². The maximum absolute atomic E-state index is 12.7. The van der Waals surface area contributed by atoms with Crippen LogP contribution in [0.1, 0.15) is 17.5 Å². The highest BCUT2D eigenvalue weighted by Gasteiger charge is 2.19. The van der Waals surface area contributed by atoms with E-state index >= 15 is 0 Å². The van der Waals surface area contributed by atoms with E-state index in [2.05, 4.69) is 35.2 Å². The first-order valence-corrected chi connectivity index (χ1v) is 10.0. The molecule has 5 nitrogen and oxygen atoms in total. The number of carbonyl (C=O) groups excluding carboxylic acids is 1. The zero-order chi connectivity index (χ0) is 20.6. The van der Waals surface area contributed by atoms with Gasteiger partial charge in [-0.15, -0.1) is 0 Å². The average Bonchev–Trinajstić information content (AvgIpc) is 2.78. The van der Waals surface area contributed by atoms with Crippen molar-refractivity contribution in [2.45, 2.75) is 12.8 Å². The predicted octanol–water partition coefficient (Wildman–Crippen LogP) is 3.49. The molecule has 2 aromatic rings. The predicted molar refractivity (Wildman–Crippen MR) is 116 cm³/mol. The second-order valence-electron chi connectivity index (χ2n) is 7.36. The molecule has 3 rings (SSSR count). The van der Waals surface area contributed by atoms with Crippen LogP contribution < -0.4 is 9.47 Å². The second-order valence-corrected chi connectivity index (χ2v) is 7.36. The minimum Gasteiger partial charge on any atom is -0.493 e. The van der Waals surface area contributed by atoms with E-state index in [0.717, 1.165) is 43.0 Å². The molecule has 5 heteroatoms. The molecule has 0 bridgehead atoms. The van der Waals surface area contributed by atoms with Gasteiger partial charge in [-0.05, 0) is 48.7 Å². The molecular formula is C24H30N2O3. The molecule has 29 heavy (non-hydrogen) atoms. The zero-order valence-corrected chi connectivity index (χ0v) is 17.6. The molecule has 0 atom stereocenters. The maximum Gasteiger partial charge on any atom is 0.237 e. The van der Waals surface area contributed by atoms with Gasteiger partial charge < -0.3 is 14.4 Å². The van der Waals surface area contributed by atoms with Crippen molar-refractivity contribution < 1.29 is 14.3 Å². The van der Waals surface area contributed by atoms with Crippen LogP contribution in [0.4, 0.5) is 0 Å². The van der Waals surface area contributed by atoms with Crippen LogP contribution >= 0.6 is 0 Å². The zero-order valence-electron chi connectivity index (χ0n) is 17.6. The Bertz CT molecular complexity index is 848. The van der Waals surface area contributed by atoms with Gasteiger partial charge in [0.15, 0.2) is 11.5 Å². The lowest BCUT2D eigenvalue weighted by Crippen LogP contribution is -2.41. The first kappa shape index (κ1) is 20.9. The molecule has 1 aliphatic heterocycles. The van der Waals surface area contributed by atoms with E-state index in [1.807, 2.05) is 36.2 Å². The lowest BCUT2D eigenvalue weighted by Gasteiger charge is -2.28. The van der Waals surface area contributed by atoms with Crippen LogP contribution in [-0.4, -0.2) is 63.2 Å². The Morgan fingerprint density at radius 1 is 1.07 bits per heavy atom. The number of carbonyl (C=O) groups is 1. The lowest BCUT2D eigenvalue weighted by molar-refractivity contribution is -0.131. The Balaban J connectivity index is 1.48. The van der Waals surface area contributed by atoms with E-state index in [9.17, 15) is 4.79 Å². The van der Waals surface area contributed by atoms with Gasteiger partial charge in [0.25, 0.3) is 0 Å². The highest BCUT2D eigenvalue weighted by molar-refractivity contribution is 5.80. The molecule has 0 saturated heterocycles. The standard InChI is InChI=1S/C24H30N2O3/c1-25(14-11-19-9-10-22(28-2)23(17-19)29-3)18-24(27)26-15-12-21(13-16-26)20-7-5-4-6-8-20/h4-10,12,17H,11,13-16,18H2,1-3H3. The fraction of sp³-hybridized carbons (Fsp3) is 0.375. The summed E-state index contributed by atoms with van der Waals surface area (Å²) in [5.74, 6) is 1.65. The van der Waals surface area contributed by atoms with Gasteiger partial charge >= 0.3 is 0 Å². The summed E-state index contributed by atoms with van der Waals surface area (Å²) < 4.78 is 10.6. The molecule has 1 aliphatic rings. The Labute approximate surface area is 173 Å². The number of hydrogen-bond acceptors (Lipinski definition) is 4. The van der Waals surface area contributed by atoms with E-state index in [1.54, 1.807) is 14.2 Å². The third-order valence-corrected chi connectivity index (χ3v) is 5.34. The molecule has 0 unspecified atom stereocenters. The molecular weight excluding hydrogens is 364 g/mol. The molecule has 0 radical (unpaired) electrons. The maximum atomic E-state index is 12.7. The summed E-state index contributed by atoms with van der Waals surface area (Å²) in [7, 11) is 5.27. The largest absolute Gasteiger partial charge is 0.493 e. The van der Waals surface area contributed by atoms with Crippen molar-refractivity contribution in [2.75, 3.05) is 47.4 Å². The second kappa shape index (κ2) is 10.1. The molecule has 1 heterocycles. The molecule has 0 saturated carbocycles. The fourth-order valence-electron chi connectivity index (χ4n) is 3.58. The van der Waals surface area contributed by atoms with Crippen LogP contribution in [-0.2, 0) is 11.2 Å². The minimum atomic E-state index is 0.183. The van der Waals surface area contributed by atoms with Crippen LogP contribution in [0.15, 0.2) is 54.6 Å². The van der Waals surface area contributed by atoms with Crippen LogP contribution in [0.25, 0.3) is 5.57 Å². The van der Waals surface area contributed by atoms with Gasteiger partial charge in [0.2, 0.25) is 5.91 Å². The number of amides is 1. The highest BCUT2D eigenvalue weighted by atomic mass is 16.5. The Morgan fingerprint density at radius 2 is 1.83 bits per heavy atom. The summed E-state index contributed by atoms with van der Waals surface area (Å²) in [5.41, 5.74) is 3.75. The monoisotopic (exact) mass is 394 g/mol. The Hall–Kier alpha value is -2.79. The van der Waals surface area contributed by atoms with Crippen LogP contribution in [0, 0.1) is 0 Å². The van der Waals surface area contributed by atoms with E-state index in [4.69, 9.17) is 9.47 Å². The summed E-state index contributed by atoms with van der Waals surface area (Å²) >= 11 is 0. The van der Waals surface area contributed by atoms with Gasteiger partial charge in [-0.2, -0.15) is 0 Å². The van der Waals surface area contributed by atoms with Crippen molar-refractivity contribution in [3.8, 4) is 11.5 Å². The van der Waals surface area contributed by atoms with Crippen molar-refractivity contribution >= 4 is 11.5 Å². The number of methoxy groups -OCH3 is 2. The van der Waals surface area contributed by atoms with E-state index in [1.165, 1.54) is 11.1 Å². The summed E-state index contributed by atoms with van der Waals surface area (Å²) in [5, 5.41) is 0. The fourth-order valence-corrected chi connectivity index (χ4v) is 3.58. The number of benzene rings is 2. The average molecular weight is 395 g/mol. The molecule has 0 spiro atoms. The molecule has 0 aliphatic carbocycles. The molecule has 2 aromatic carbocycles. The van der Waals surface area contributed by atoms with Crippen molar-refractivity contribution in [3.63, 3.8) is 0 Å². The SMILES string of the molecule is COc1ccc(CCN(C)CC(=O)N2CC=C(c3ccccc3)CC2)cc1OC. The molecule has 0 N–H and O–H groups in total. The van der Waals surface area contributed by atoms with Gasteiger partial charge in [-0.1, -0.05) is 42.5 Å². The van der Waals surface area contributed by atoms with Gasteiger partial charge in [0.1, 0.15) is 0 Å². The molecule has 0 aromatic heterocycles. The van der Waals surface area contributed by atoms with E-state index in [-0.39, 0.29) is 5.91 Å². The summed E-state index contributed by atoms with van der Waals surface area (Å²) in [4.78, 5) is 16.7. The molecule has 1 amide bonds. The number of rotatable bonds is 8.